The first-order valence-electron chi connectivity index (χ1n) is 7.89. The van der Waals surface area contributed by atoms with Gasteiger partial charge in [-0.2, -0.15) is 0 Å². The van der Waals surface area contributed by atoms with Crippen LogP contribution < -0.4 is 15.3 Å². The lowest BCUT2D eigenvalue weighted by Gasteiger charge is -2.17. The smallest absolute Gasteiger partial charge is 0.235 e. The summed E-state index contributed by atoms with van der Waals surface area (Å²) in [6.45, 7) is 5.12. The zero-order valence-electron chi connectivity index (χ0n) is 14.2. The molecule has 0 saturated heterocycles. The highest BCUT2D eigenvalue weighted by Crippen LogP contribution is 2.31. The van der Waals surface area contributed by atoms with Crippen LogP contribution >= 0.6 is 0 Å². The van der Waals surface area contributed by atoms with Crippen LogP contribution in [0.4, 0.5) is 0 Å². The van der Waals surface area contributed by atoms with E-state index in [-0.39, 0.29) is 11.5 Å². The summed E-state index contributed by atoms with van der Waals surface area (Å²) in [5.74, 6) is -1.33. The van der Waals surface area contributed by atoms with Gasteiger partial charge in [-0.25, -0.2) is 0 Å². The number of hydrogen-bond acceptors (Lipinski definition) is 5. The molecule has 1 atom stereocenters. The number of benzene rings is 2. The maximum Gasteiger partial charge on any atom is 0.235 e. The molecule has 0 saturated carbocycles. The molecule has 0 unspecified atom stereocenters. The van der Waals surface area contributed by atoms with E-state index in [2.05, 4.69) is 0 Å². The van der Waals surface area contributed by atoms with Crippen molar-refractivity contribution in [2.75, 3.05) is 0 Å². The number of aryl methyl sites for hydroxylation is 2. The lowest BCUT2D eigenvalue weighted by Crippen LogP contribution is -2.38. The third-order valence-corrected chi connectivity index (χ3v) is 3.94. The largest absolute Gasteiger partial charge is 0.546 e. The van der Waals surface area contributed by atoms with E-state index in [1.54, 1.807) is 24.3 Å². The highest BCUT2D eigenvalue weighted by molar-refractivity contribution is 5.83. The molecule has 128 valence electrons. The van der Waals surface area contributed by atoms with Gasteiger partial charge in [-0.15, -0.1) is 0 Å². The summed E-state index contributed by atoms with van der Waals surface area (Å²) < 4.78 is 11.3. The van der Waals surface area contributed by atoms with Crippen LogP contribution in [0.2, 0.25) is 0 Å². The second kappa shape index (κ2) is 6.43. The van der Waals surface area contributed by atoms with Crippen LogP contribution in [0, 0.1) is 13.8 Å². The quantitative estimate of drug-likeness (QED) is 0.731. The Morgan fingerprint density at radius 2 is 1.72 bits per heavy atom. The molecule has 0 N–H and O–H groups in total. The number of fused-ring (bicyclic) bond motifs is 1. The number of carbonyl (C=O) groups is 1. The third-order valence-electron chi connectivity index (χ3n) is 3.94. The average molecular weight is 337 g/mol. The zero-order chi connectivity index (χ0) is 18.1. The first-order valence-corrected chi connectivity index (χ1v) is 7.89. The minimum Gasteiger partial charge on any atom is -0.546 e. The first kappa shape index (κ1) is 16.8. The highest BCUT2D eigenvalue weighted by atomic mass is 16.5. The molecule has 2 aromatic carbocycles. The van der Waals surface area contributed by atoms with E-state index in [4.69, 9.17) is 9.15 Å². The average Bonchev–Trinajstić information content (AvgIpc) is 2.58. The molecule has 0 aliphatic heterocycles. The molecule has 0 spiro atoms. The van der Waals surface area contributed by atoms with Gasteiger partial charge < -0.3 is 19.1 Å². The van der Waals surface area contributed by atoms with Crippen LogP contribution in [-0.2, 0) is 4.79 Å². The normalized spacial score (nSPS) is 12.1. The van der Waals surface area contributed by atoms with Crippen molar-refractivity contribution < 1.29 is 19.1 Å². The Morgan fingerprint density at radius 1 is 1.08 bits per heavy atom. The molecule has 5 heteroatoms. The molecule has 0 aliphatic carbocycles. The van der Waals surface area contributed by atoms with Gasteiger partial charge in [0, 0.05) is 5.56 Å². The predicted molar refractivity (Wildman–Crippen MR) is 92.5 cm³/mol. The molecule has 5 nitrogen and oxygen atoms in total. The maximum absolute atomic E-state index is 12.9. The zero-order valence-corrected chi connectivity index (χ0v) is 14.2. The Morgan fingerprint density at radius 3 is 2.36 bits per heavy atom. The van der Waals surface area contributed by atoms with Crippen LogP contribution in [0.5, 0.6) is 5.75 Å². The summed E-state index contributed by atoms with van der Waals surface area (Å²) in [6.07, 6.45) is -1.28. The molecule has 1 heterocycles. The lowest BCUT2D eigenvalue weighted by molar-refractivity contribution is -0.312. The fourth-order valence-electron chi connectivity index (χ4n) is 2.52. The van der Waals surface area contributed by atoms with Gasteiger partial charge in [0.2, 0.25) is 11.2 Å². The van der Waals surface area contributed by atoms with E-state index < -0.39 is 17.5 Å². The monoisotopic (exact) mass is 337 g/mol. The van der Waals surface area contributed by atoms with Crippen molar-refractivity contribution in [1.82, 2.24) is 0 Å². The molecular formula is C20H17O5-. The maximum atomic E-state index is 12.9. The highest BCUT2D eigenvalue weighted by Gasteiger charge is 2.20. The molecule has 1 aromatic heterocycles. The van der Waals surface area contributed by atoms with E-state index >= 15 is 0 Å². The Balaban J connectivity index is 2.29. The van der Waals surface area contributed by atoms with Crippen LogP contribution in [0.1, 0.15) is 18.1 Å². The van der Waals surface area contributed by atoms with Crippen molar-refractivity contribution in [3.8, 4) is 17.1 Å². The molecule has 0 bridgehead atoms. The molecule has 3 rings (SSSR count). The van der Waals surface area contributed by atoms with Gasteiger partial charge in [0.15, 0.2) is 5.76 Å². The van der Waals surface area contributed by atoms with Gasteiger partial charge in [0.05, 0.1) is 11.4 Å². The standard InChI is InChI=1S/C20H18O5/c1-11-4-7-14(8-5-11)18-19(24-13(3)20(22)23)17(21)15-10-12(2)6-9-16(15)25-18/h4-10,13H,1-3H3,(H,22,23)/p-1/t13-/m1/s1. The van der Waals surface area contributed by atoms with Crippen molar-refractivity contribution >= 4 is 16.9 Å². The van der Waals surface area contributed by atoms with E-state index in [0.29, 0.717) is 16.5 Å². The van der Waals surface area contributed by atoms with Crippen LogP contribution in [0.3, 0.4) is 0 Å². The van der Waals surface area contributed by atoms with E-state index in [1.807, 2.05) is 32.0 Å². The number of hydrogen-bond donors (Lipinski definition) is 0. The van der Waals surface area contributed by atoms with Gasteiger partial charge in [0.25, 0.3) is 0 Å². The number of carbonyl (C=O) groups excluding carboxylic acids is 1. The Bertz CT molecular complexity index is 999. The summed E-state index contributed by atoms with van der Waals surface area (Å²) in [5, 5.41) is 11.4. The molecule has 0 amide bonds. The minimum absolute atomic E-state index is 0.126. The van der Waals surface area contributed by atoms with Gasteiger partial charge in [-0.05, 0) is 32.9 Å². The minimum atomic E-state index is -1.40. The summed E-state index contributed by atoms with van der Waals surface area (Å²) in [5.41, 5.74) is 2.58. The van der Waals surface area contributed by atoms with Crippen molar-refractivity contribution in [1.29, 1.82) is 0 Å². The predicted octanol–water partition coefficient (Wildman–Crippen LogP) is 2.59. The summed E-state index contributed by atoms with van der Waals surface area (Å²) in [4.78, 5) is 24.0. The Labute approximate surface area is 144 Å². The second-order valence-electron chi connectivity index (χ2n) is 6.03. The molecule has 0 aliphatic rings. The lowest BCUT2D eigenvalue weighted by atomic mass is 10.1. The Kier molecular flexibility index (Phi) is 4.31. The molecule has 3 aromatic rings. The van der Waals surface area contributed by atoms with E-state index in [9.17, 15) is 14.7 Å². The van der Waals surface area contributed by atoms with Gasteiger partial charge >= 0.3 is 0 Å². The van der Waals surface area contributed by atoms with Gasteiger partial charge in [-0.3, -0.25) is 4.79 Å². The van der Waals surface area contributed by atoms with Gasteiger partial charge in [-0.1, -0.05) is 41.5 Å². The molecule has 0 radical (unpaired) electrons. The number of ether oxygens (including phenoxy) is 1. The molecule has 25 heavy (non-hydrogen) atoms. The van der Waals surface area contributed by atoms with E-state index in [1.165, 1.54) is 6.92 Å². The van der Waals surface area contributed by atoms with Gasteiger partial charge in [0.1, 0.15) is 11.7 Å². The van der Waals surface area contributed by atoms with E-state index in [0.717, 1.165) is 11.1 Å². The first-order chi connectivity index (χ1) is 11.9. The summed E-state index contributed by atoms with van der Waals surface area (Å²) >= 11 is 0. The van der Waals surface area contributed by atoms with Crippen LogP contribution in [-0.4, -0.2) is 12.1 Å². The van der Waals surface area contributed by atoms with Crippen molar-refractivity contribution in [2.45, 2.75) is 26.9 Å². The van der Waals surface area contributed by atoms with Crippen LogP contribution in [0.15, 0.2) is 51.7 Å². The number of carboxylic acids is 1. The van der Waals surface area contributed by atoms with Crippen LogP contribution in [0.25, 0.3) is 22.3 Å². The fraction of sp³-hybridized carbons (Fsp3) is 0.200. The SMILES string of the molecule is Cc1ccc(-c2oc3ccc(C)cc3c(=O)c2O[C@H](C)C(=O)[O-])cc1. The summed E-state index contributed by atoms with van der Waals surface area (Å²) in [6, 6.07) is 12.6. The van der Waals surface area contributed by atoms with Crippen molar-refractivity contribution in [2.24, 2.45) is 0 Å². The second-order valence-corrected chi connectivity index (χ2v) is 6.03. The third kappa shape index (κ3) is 3.26. The number of aliphatic carboxylic acids is 1. The topological polar surface area (TPSA) is 79.6 Å². The van der Waals surface area contributed by atoms with Crippen molar-refractivity contribution in [3.63, 3.8) is 0 Å². The molecular weight excluding hydrogens is 320 g/mol. The Hall–Kier alpha value is -3.08. The summed E-state index contributed by atoms with van der Waals surface area (Å²) in [7, 11) is 0. The fourth-order valence-corrected chi connectivity index (χ4v) is 2.52. The number of carboxylic acid groups (broad SMARTS) is 1. The number of rotatable bonds is 4. The molecule has 0 fully saturated rings. The van der Waals surface area contributed by atoms with Crippen molar-refractivity contribution in [3.05, 3.63) is 63.8 Å².